The van der Waals surface area contributed by atoms with E-state index in [-0.39, 0.29) is 36.4 Å². The van der Waals surface area contributed by atoms with Crippen LogP contribution in [-0.2, 0) is 9.53 Å². The molecule has 25 heavy (non-hydrogen) atoms. The van der Waals surface area contributed by atoms with E-state index in [0.717, 1.165) is 18.6 Å². The Bertz CT molecular complexity index is 625. The standard InChI is InChI=1S/C17H25N3O4.ClH/c1-11-9-14(12(2)23-11)16(21)19-5-7-20(8-6-19)17(22)15-4-3-13(10-18)24-15;/h9,13,15H,3-8,10,18H2,1-2H3;1H/t13-,15+;/m1./s1. The molecule has 2 N–H and O–H groups in total. The second-order valence-corrected chi connectivity index (χ2v) is 6.50. The summed E-state index contributed by atoms with van der Waals surface area (Å²) in [4.78, 5) is 28.6. The van der Waals surface area contributed by atoms with Crippen molar-refractivity contribution in [2.45, 2.75) is 38.9 Å². The second-order valence-electron chi connectivity index (χ2n) is 6.50. The van der Waals surface area contributed by atoms with Gasteiger partial charge in [-0.1, -0.05) is 0 Å². The molecule has 1 aromatic heterocycles. The lowest BCUT2D eigenvalue weighted by Gasteiger charge is -2.35. The lowest BCUT2D eigenvalue weighted by molar-refractivity contribution is -0.144. The van der Waals surface area contributed by atoms with Crippen molar-refractivity contribution in [2.24, 2.45) is 5.73 Å². The predicted octanol–water partition coefficient (Wildman–Crippen LogP) is 1.11. The van der Waals surface area contributed by atoms with Gasteiger partial charge < -0.3 is 24.7 Å². The minimum absolute atomic E-state index is 0. The van der Waals surface area contributed by atoms with Gasteiger partial charge in [0.2, 0.25) is 0 Å². The molecular weight excluding hydrogens is 346 g/mol. The number of carbonyl (C=O) groups is 2. The van der Waals surface area contributed by atoms with Crippen LogP contribution < -0.4 is 5.73 Å². The van der Waals surface area contributed by atoms with Crippen LogP contribution in [0.5, 0.6) is 0 Å². The molecule has 0 spiro atoms. The van der Waals surface area contributed by atoms with Gasteiger partial charge in [-0.05, 0) is 32.8 Å². The van der Waals surface area contributed by atoms with Crippen molar-refractivity contribution < 1.29 is 18.7 Å². The number of nitrogens with zero attached hydrogens (tertiary/aromatic N) is 2. The summed E-state index contributed by atoms with van der Waals surface area (Å²) >= 11 is 0. The number of halogens is 1. The molecule has 0 aromatic carbocycles. The quantitative estimate of drug-likeness (QED) is 0.859. The first-order valence-corrected chi connectivity index (χ1v) is 8.50. The Labute approximate surface area is 153 Å². The molecule has 8 heteroatoms. The molecule has 2 amide bonds. The van der Waals surface area contributed by atoms with Crippen molar-refractivity contribution in [3.63, 3.8) is 0 Å². The van der Waals surface area contributed by atoms with Crippen LogP contribution in [0.4, 0.5) is 0 Å². The highest BCUT2D eigenvalue weighted by Gasteiger charge is 2.35. The van der Waals surface area contributed by atoms with E-state index in [0.29, 0.717) is 44.0 Å². The number of hydrogen-bond donors (Lipinski definition) is 1. The average Bonchev–Trinajstić information content (AvgIpc) is 3.20. The number of hydrogen-bond acceptors (Lipinski definition) is 5. The van der Waals surface area contributed by atoms with E-state index in [1.165, 1.54) is 0 Å². The van der Waals surface area contributed by atoms with Crippen LogP contribution in [0.1, 0.15) is 34.7 Å². The first kappa shape index (κ1) is 19.8. The molecule has 3 rings (SSSR count). The summed E-state index contributed by atoms with van der Waals surface area (Å²) in [5.41, 5.74) is 6.20. The van der Waals surface area contributed by atoms with E-state index in [4.69, 9.17) is 14.9 Å². The van der Waals surface area contributed by atoms with Crippen LogP contribution in [0.15, 0.2) is 10.5 Å². The van der Waals surface area contributed by atoms with Gasteiger partial charge in [-0.15, -0.1) is 12.4 Å². The van der Waals surface area contributed by atoms with Crippen molar-refractivity contribution in [3.8, 4) is 0 Å². The fourth-order valence-corrected chi connectivity index (χ4v) is 3.41. The topological polar surface area (TPSA) is 89.0 Å². The molecule has 0 radical (unpaired) electrons. The minimum Gasteiger partial charge on any atom is -0.466 e. The predicted molar refractivity (Wildman–Crippen MR) is 94.9 cm³/mol. The zero-order chi connectivity index (χ0) is 17.3. The van der Waals surface area contributed by atoms with E-state index in [1.807, 2.05) is 6.92 Å². The Hall–Kier alpha value is -1.57. The molecule has 140 valence electrons. The smallest absolute Gasteiger partial charge is 0.257 e. The summed E-state index contributed by atoms with van der Waals surface area (Å²) in [7, 11) is 0. The van der Waals surface area contributed by atoms with E-state index in [2.05, 4.69) is 0 Å². The van der Waals surface area contributed by atoms with Crippen LogP contribution in [0.25, 0.3) is 0 Å². The average molecular weight is 372 g/mol. The summed E-state index contributed by atoms with van der Waals surface area (Å²) in [5.74, 6) is 1.37. The molecule has 0 saturated carbocycles. The van der Waals surface area contributed by atoms with Crippen LogP contribution in [0.3, 0.4) is 0 Å². The highest BCUT2D eigenvalue weighted by Crippen LogP contribution is 2.22. The van der Waals surface area contributed by atoms with E-state index in [9.17, 15) is 9.59 Å². The lowest BCUT2D eigenvalue weighted by Crippen LogP contribution is -2.53. The SMILES string of the molecule is Cc1cc(C(=O)N2CCN(C(=O)[C@@H]3CC[C@H](CN)O3)CC2)c(C)o1.Cl. The molecule has 2 atom stereocenters. The highest BCUT2D eigenvalue weighted by molar-refractivity contribution is 5.95. The number of nitrogens with two attached hydrogens (primary N) is 1. The molecule has 2 aliphatic rings. The molecule has 0 unspecified atom stereocenters. The molecule has 3 heterocycles. The maximum Gasteiger partial charge on any atom is 0.257 e. The lowest BCUT2D eigenvalue weighted by atomic mass is 10.1. The Morgan fingerprint density at radius 1 is 1.16 bits per heavy atom. The van der Waals surface area contributed by atoms with Gasteiger partial charge in [-0.3, -0.25) is 9.59 Å². The van der Waals surface area contributed by atoms with Gasteiger partial charge >= 0.3 is 0 Å². The van der Waals surface area contributed by atoms with Crippen molar-refractivity contribution in [1.82, 2.24) is 9.80 Å². The fraction of sp³-hybridized carbons (Fsp3) is 0.647. The van der Waals surface area contributed by atoms with Gasteiger partial charge in [0.15, 0.2) is 0 Å². The number of piperazine rings is 1. The van der Waals surface area contributed by atoms with Crippen LogP contribution >= 0.6 is 12.4 Å². The summed E-state index contributed by atoms with van der Waals surface area (Å²) < 4.78 is 11.1. The Morgan fingerprint density at radius 2 is 1.80 bits per heavy atom. The number of aryl methyl sites for hydroxylation is 2. The van der Waals surface area contributed by atoms with Crippen LogP contribution in [-0.4, -0.2) is 66.5 Å². The summed E-state index contributed by atoms with van der Waals surface area (Å²) in [5, 5.41) is 0. The third-order valence-corrected chi connectivity index (χ3v) is 4.80. The molecule has 7 nitrogen and oxygen atoms in total. The third-order valence-electron chi connectivity index (χ3n) is 4.80. The normalized spacial score (nSPS) is 23.5. The number of rotatable bonds is 3. The second kappa shape index (κ2) is 8.21. The molecule has 2 fully saturated rings. The van der Waals surface area contributed by atoms with Gasteiger partial charge in [0, 0.05) is 32.7 Å². The number of amides is 2. The molecule has 0 aliphatic carbocycles. The van der Waals surface area contributed by atoms with Crippen molar-refractivity contribution in [2.75, 3.05) is 32.7 Å². The fourth-order valence-electron chi connectivity index (χ4n) is 3.41. The molecule has 1 aromatic rings. The molecule has 2 aliphatic heterocycles. The maximum atomic E-state index is 12.6. The molecule has 0 bridgehead atoms. The highest BCUT2D eigenvalue weighted by atomic mass is 35.5. The number of furan rings is 1. The first-order valence-electron chi connectivity index (χ1n) is 8.50. The van der Waals surface area contributed by atoms with E-state index < -0.39 is 0 Å². The van der Waals surface area contributed by atoms with Gasteiger partial charge in [0.25, 0.3) is 11.8 Å². The zero-order valence-corrected chi connectivity index (χ0v) is 15.5. The third kappa shape index (κ3) is 4.16. The van der Waals surface area contributed by atoms with Crippen molar-refractivity contribution >= 4 is 24.2 Å². The summed E-state index contributed by atoms with van der Waals surface area (Å²) in [6.07, 6.45) is 1.19. The Kier molecular flexibility index (Phi) is 6.48. The molecule has 2 saturated heterocycles. The minimum atomic E-state index is -0.375. The van der Waals surface area contributed by atoms with Gasteiger partial charge in [0.05, 0.1) is 11.7 Å². The first-order chi connectivity index (χ1) is 11.5. The number of ether oxygens (including phenoxy) is 1. The summed E-state index contributed by atoms with van der Waals surface area (Å²) in [6, 6.07) is 1.77. The van der Waals surface area contributed by atoms with Gasteiger partial charge in [-0.2, -0.15) is 0 Å². The van der Waals surface area contributed by atoms with Crippen LogP contribution in [0.2, 0.25) is 0 Å². The zero-order valence-electron chi connectivity index (χ0n) is 14.7. The van der Waals surface area contributed by atoms with Crippen molar-refractivity contribution in [3.05, 3.63) is 23.2 Å². The Balaban J connectivity index is 0.00000225. The van der Waals surface area contributed by atoms with E-state index in [1.54, 1.807) is 22.8 Å². The Morgan fingerprint density at radius 3 is 2.32 bits per heavy atom. The van der Waals surface area contributed by atoms with E-state index >= 15 is 0 Å². The largest absolute Gasteiger partial charge is 0.466 e. The number of carbonyl (C=O) groups excluding carboxylic acids is 2. The molecular formula is C17H26ClN3O4. The van der Waals surface area contributed by atoms with Gasteiger partial charge in [-0.25, -0.2) is 0 Å². The monoisotopic (exact) mass is 371 g/mol. The van der Waals surface area contributed by atoms with Gasteiger partial charge in [0.1, 0.15) is 17.6 Å². The van der Waals surface area contributed by atoms with Crippen LogP contribution in [0, 0.1) is 13.8 Å². The van der Waals surface area contributed by atoms with Crippen molar-refractivity contribution in [1.29, 1.82) is 0 Å². The maximum absolute atomic E-state index is 12.6. The summed E-state index contributed by atoms with van der Waals surface area (Å²) in [6.45, 7) is 6.21.